The molecule has 5 nitrogen and oxygen atoms in total. The first-order chi connectivity index (χ1) is 9.20. The largest absolute Gasteiger partial charge is 0.486 e. The Morgan fingerprint density at radius 1 is 1.32 bits per heavy atom. The monoisotopic (exact) mass is 284 g/mol. The molecule has 1 aromatic rings. The molecule has 0 fully saturated rings. The van der Waals surface area contributed by atoms with Gasteiger partial charge in [-0.05, 0) is 31.0 Å². The van der Waals surface area contributed by atoms with Gasteiger partial charge in [-0.3, -0.25) is 0 Å². The number of halogens is 1. The smallest absolute Gasteiger partial charge is 0.314 e. The second-order valence-electron chi connectivity index (χ2n) is 4.14. The van der Waals surface area contributed by atoms with Crippen LogP contribution in [0.5, 0.6) is 11.5 Å². The molecule has 6 heteroatoms. The highest BCUT2D eigenvalue weighted by Crippen LogP contribution is 2.38. The van der Waals surface area contributed by atoms with Crippen molar-refractivity contribution in [1.82, 2.24) is 10.6 Å². The summed E-state index contributed by atoms with van der Waals surface area (Å²) in [5, 5.41) is 5.99. The summed E-state index contributed by atoms with van der Waals surface area (Å²) in [6, 6.07) is 3.58. The number of rotatable bonds is 4. The summed E-state index contributed by atoms with van der Waals surface area (Å²) in [4.78, 5) is 11.2. The Hall–Kier alpha value is -1.62. The van der Waals surface area contributed by atoms with E-state index in [1.807, 2.05) is 19.1 Å². The third kappa shape index (κ3) is 3.67. The Morgan fingerprint density at radius 2 is 2.11 bits per heavy atom. The summed E-state index contributed by atoms with van der Waals surface area (Å²) in [5.41, 5.74) is 1.01. The minimum absolute atomic E-state index is 0.161. The number of ether oxygens (including phenoxy) is 2. The van der Waals surface area contributed by atoms with E-state index in [1.54, 1.807) is 0 Å². The molecule has 2 amide bonds. The van der Waals surface area contributed by atoms with Crippen molar-refractivity contribution in [2.45, 2.75) is 13.3 Å². The lowest BCUT2D eigenvalue weighted by Crippen LogP contribution is -2.36. The summed E-state index contributed by atoms with van der Waals surface area (Å²) >= 11 is 6.13. The van der Waals surface area contributed by atoms with Crippen LogP contribution in [-0.4, -0.2) is 32.3 Å². The predicted octanol–water partition coefficient (Wildman–Crippen LogP) is 1.97. The van der Waals surface area contributed by atoms with Crippen LogP contribution in [0.15, 0.2) is 12.1 Å². The van der Waals surface area contributed by atoms with Gasteiger partial charge in [0.1, 0.15) is 13.2 Å². The van der Waals surface area contributed by atoms with Crippen molar-refractivity contribution < 1.29 is 14.3 Å². The molecule has 0 bridgehead atoms. The zero-order valence-corrected chi connectivity index (χ0v) is 11.5. The van der Waals surface area contributed by atoms with Gasteiger partial charge in [0.05, 0.1) is 5.02 Å². The van der Waals surface area contributed by atoms with E-state index in [9.17, 15) is 4.79 Å². The molecular formula is C13H17ClN2O3. The molecule has 104 valence electrons. The fraction of sp³-hybridized carbons (Fsp3) is 0.462. The van der Waals surface area contributed by atoms with Crippen molar-refractivity contribution in [1.29, 1.82) is 0 Å². The fourth-order valence-electron chi connectivity index (χ4n) is 1.85. The second-order valence-corrected chi connectivity index (χ2v) is 4.55. The molecule has 0 saturated heterocycles. The van der Waals surface area contributed by atoms with Crippen LogP contribution in [0.4, 0.5) is 4.79 Å². The molecule has 2 rings (SSSR count). The van der Waals surface area contributed by atoms with Crippen LogP contribution >= 0.6 is 11.6 Å². The lowest BCUT2D eigenvalue weighted by molar-refractivity contribution is 0.171. The maximum atomic E-state index is 11.2. The van der Waals surface area contributed by atoms with Gasteiger partial charge < -0.3 is 20.1 Å². The van der Waals surface area contributed by atoms with Crippen LogP contribution in [0.25, 0.3) is 0 Å². The van der Waals surface area contributed by atoms with E-state index in [0.717, 1.165) is 5.56 Å². The van der Waals surface area contributed by atoms with Crippen molar-refractivity contribution in [3.8, 4) is 11.5 Å². The average molecular weight is 285 g/mol. The maximum absolute atomic E-state index is 11.2. The molecule has 0 radical (unpaired) electrons. The number of hydrogen-bond acceptors (Lipinski definition) is 3. The SMILES string of the molecule is CCNC(=O)NCCc1cc(Cl)c2c(c1)OCCO2. The van der Waals surface area contributed by atoms with Crippen LogP contribution in [-0.2, 0) is 6.42 Å². The van der Waals surface area contributed by atoms with E-state index in [-0.39, 0.29) is 6.03 Å². The molecule has 1 aliphatic heterocycles. The van der Waals surface area contributed by atoms with Crippen molar-refractivity contribution in [3.05, 3.63) is 22.7 Å². The van der Waals surface area contributed by atoms with Crippen molar-refractivity contribution in [2.75, 3.05) is 26.3 Å². The predicted molar refractivity (Wildman–Crippen MR) is 73.2 cm³/mol. The van der Waals surface area contributed by atoms with E-state index in [0.29, 0.717) is 49.2 Å². The molecule has 0 spiro atoms. The fourth-order valence-corrected chi connectivity index (χ4v) is 2.14. The number of amides is 2. The second kappa shape index (κ2) is 6.52. The molecular weight excluding hydrogens is 268 g/mol. The van der Waals surface area contributed by atoms with Gasteiger partial charge in [-0.1, -0.05) is 11.6 Å². The molecule has 0 aromatic heterocycles. The van der Waals surface area contributed by atoms with Crippen LogP contribution in [0.3, 0.4) is 0 Å². The normalized spacial score (nSPS) is 12.9. The van der Waals surface area contributed by atoms with E-state index < -0.39 is 0 Å². The van der Waals surface area contributed by atoms with E-state index in [2.05, 4.69) is 10.6 Å². The lowest BCUT2D eigenvalue weighted by atomic mass is 10.1. The van der Waals surface area contributed by atoms with Gasteiger partial charge in [0.2, 0.25) is 0 Å². The van der Waals surface area contributed by atoms with Gasteiger partial charge in [-0.15, -0.1) is 0 Å². The zero-order chi connectivity index (χ0) is 13.7. The quantitative estimate of drug-likeness (QED) is 0.889. The van der Waals surface area contributed by atoms with Gasteiger partial charge in [0.25, 0.3) is 0 Å². The summed E-state index contributed by atoms with van der Waals surface area (Å²) in [6.07, 6.45) is 0.688. The van der Waals surface area contributed by atoms with Crippen LogP contribution in [0, 0.1) is 0 Å². The first-order valence-electron chi connectivity index (χ1n) is 6.30. The minimum Gasteiger partial charge on any atom is -0.486 e. The number of hydrogen-bond donors (Lipinski definition) is 2. The number of nitrogens with one attached hydrogen (secondary N) is 2. The van der Waals surface area contributed by atoms with Gasteiger partial charge >= 0.3 is 6.03 Å². The molecule has 1 aliphatic rings. The number of carbonyl (C=O) groups is 1. The van der Waals surface area contributed by atoms with Gasteiger partial charge in [0.15, 0.2) is 11.5 Å². The molecule has 1 aromatic carbocycles. The number of urea groups is 1. The van der Waals surface area contributed by atoms with Crippen LogP contribution in [0.1, 0.15) is 12.5 Å². The van der Waals surface area contributed by atoms with E-state index >= 15 is 0 Å². The van der Waals surface area contributed by atoms with Crippen molar-refractivity contribution in [2.24, 2.45) is 0 Å². The Bertz CT molecular complexity index is 465. The summed E-state index contributed by atoms with van der Waals surface area (Å²) in [5.74, 6) is 1.28. The molecule has 2 N–H and O–H groups in total. The highest BCUT2D eigenvalue weighted by atomic mass is 35.5. The standard InChI is InChI=1S/C13H17ClN2O3/c1-2-15-13(17)16-4-3-9-7-10(14)12-11(8-9)18-5-6-19-12/h7-8H,2-6H2,1H3,(H2,15,16,17). The Kier molecular flexibility index (Phi) is 4.74. The first kappa shape index (κ1) is 13.8. The van der Waals surface area contributed by atoms with Crippen LogP contribution in [0.2, 0.25) is 5.02 Å². The summed E-state index contributed by atoms with van der Waals surface area (Å²) in [6.45, 7) is 4.08. The summed E-state index contributed by atoms with van der Waals surface area (Å²) in [7, 11) is 0. The number of benzene rings is 1. The topological polar surface area (TPSA) is 59.6 Å². The first-order valence-corrected chi connectivity index (χ1v) is 6.68. The zero-order valence-electron chi connectivity index (χ0n) is 10.8. The third-order valence-electron chi connectivity index (χ3n) is 2.69. The third-order valence-corrected chi connectivity index (χ3v) is 2.97. The lowest BCUT2D eigenvalue weighted by Gasteiger charge is -2.20. The van der Waals surface area contributed by atoms with E-state index in [4.69, 9.17) is 21.1 Å². The Labute approximate surface area is 117 Å². The molecule has 0 saturated carbocycles. The molecule has 19 heavy (non-hydrogen) atoms. The van der Waals surface area contributed by atoms with E-state index in [1.165, 1.54) is 0 Å². The number of fused-ring (bicyclic) bond motifs is 1. The number of carbonyl (C=O) groups excluding carboxylic acids is 1. The van der Waals surface area contributed by atoms with Gasteiger partial charge in [-0.2, -0.15) is 0 Å². The minimum atomic E-state index is -0.161. The molecule has 0 atom stereocenters. The molecule has 1 heterocycles. The molecule has 0 unspecified atom stereocenters. The molecule has 0 aliphatic carbocycles. The Morgan fingerprint density at radius 3 is 2.89 bits per heavy atom. The Balaban J connectivity index is 1.94. The highest BCUT2D eigenvalue weighted by molar-refractivity contribution is 6.32. The van der Waals surface area contributed by atoms with Gasteiger partial charge in [0, 0.05) is 13.1 Å². The van der Waals surface area contributed by atoms with Crippen molar-refractivity contribution >= 4 is 17.6 Å². The van der Waals surface area contributed by atoms with Crippen molar-refractivity contribution in [3.63, 3.8) is 0 Å². The van der Waals surface area contributed by atoms with Crippen LogP contribution < -0.4 is 20.1 Å². The highest BCUT2D eigenvalue weighted by Gasteiger charge is 2.16. The maximum Gasteiger partial charge on any atom is 0.314 e. The summed E-state index contributed by atoms with van der Waals surface area (Å²) < 4.78 is 10.9. The average Bonchev–Trinajstić information content (AvgIpc) is 2.39. The van der Waals surface area contributed by atoms with Gasteiger partial charge in [-0.25, -0.2) is 4.79 Å².